The van der Waals surface area contributed by atoms with Crippen molar-refractivity contribution in [3.8, 4) is 11.8 Å². The predicted molar refractivity (Wildman–Crippen MR) is 236 cm³/mol. The second-order valence-corrected chi connectivity index (χ2v) is 18.4. The summed E-state index contributed by atoms with van der Waals surface area (Å²) in [5.74, 6) is 6.53. The number of piperazine rings is 1. The molecule has 1 aliphatic carbocycles. The maximum atomic E-state index is 14.3. The van der Waals surface area contributed by atoms with Crippen LogP contribution in [-0.4, -0.2) is 126 Å². The number of alkyl halides is 2. The summed E-state index contributed by atoms with van der Waals surface area (Å²) in [4.78, 5) is 49.7. The first-order chi connectivity index (χ1) is 30.8. The van der Waals surface area contributed by atoms with Gasteiger partial charge in [-0.3, -0.25) is 34.0 Å². The van der Waals surface area contributed by atoms with Crippen LogP contribution < -0.4 is 15.5 Å². The van der Waals surface area contributed by atoms with Gasteiger partial charge in [-0.2, -0.15) is 15.3 Å². The number of likely N-dealkylation sites (tertiary alicyclic amines) is 1. The number of anilines is 2. The van der Waals surface area contributed by atoms with Crippen LogP contribution in [0.15, 0.2) is 42.9 Å². The van der Waals surface area contributed by atoms with Gasteiger partial charge in [-0.05, 0) is 96.9 Å². The Balaban J connectivity index is 0.747. The van der Waals surface area contributed by atoms with Crippen molar-refractivity contribution in [3.63, 3.8) is 0 Å². The standard InChI is InChI=1S/C46H56F2N12O4/c1-29-40-31(7-5-9-36(40)60(53-29)37-14-15-39(61)52-45(37)63)8-6-24-64-33-16-19-56(20-17-33)26-30-10-12-32(13-11-30)59-27-35(41(54-59)42(47)48)50-44(62)34-25-49-58-21-18-38(51-43(34)58)57-23-22-55(4)46(2,3)28-57/h5,7,9,18,21,25,27,30,32-33,37,42H,10-17,19-20,22-24,26,28H2,1-4H3,(H,50,62)(H,52,61,63). The molecule has 7 heterocycles. The summed E-state index contributed by atoms with van der Waals surface area (Å²) in [6.07, 6.45) is 8.10. The molecule has 0 bridgehead atoms. The molecule has 64 heavy (non-hydrogen) atoms. The van der Waals surface area contributed by atoms with Crippen LogP contribution in [0.1, 0.15) is 111 Å². The average Bonchev–Trinajstić information content (AvgIpc) is 4.00. The summed E-state index contributed by atoms with van der Waals surface area (Å²) in [5.41, 5.74) is 2.49. The highest BCUT2D eigenvalue weighted by molar-refractivity contribution is 6.08. The fourth-order valence-corrected chi connectivity index (χ4v) is 9.81. The Kier molecular flexibility index (Phi) is 12.2. The molecule has 3 saturated heterocycles. The van der Waals surface area contributed by atoms with Gasteiger partial charge in [-0.15, -0.1) is 0 Å². The molecule has 1 atom stereocenters. The number of aromatic nitrogens is 7. The Morgan fingerprint density at radius 2 is 1.83 bits per heavy atom. The molecule has 1 aromatic carbocycles. The number of likely N-dealkylation sites (N-methyl/N-ethyl adjacent to an activating group) is 1. The highest BCUT2D eigenvalue weighted by Crippen LogP contribution is 2.36. The number of nitrogens with zero attached hydrogens (tertiary/aromatic N) is 10. The molecule has 3 aliphatic heterocycles. The highest BCUT2D eigenvalue weighted by Gasteiger charge is 2.34. The number of imide groups is 1. The van der Waals surface area contributed by atoms with Crippen molar-refractivity contribution in [2.45, 2.75) is 102 Å². The smallest absolute Gasteiger partial charge is 0.284 e. The van der Waals surface area contributed by atoms with Gasteiger partial charge in [0.15, 0.2) is 11.3 Å². The van der Waals surface area contributed by atoms with E-state index in [1.807, 2.05) is 31.2 Å². The van der Waals surface area contributed by atoms with Crippen LogP contribution in [0.3, 0.4) is 0 Å². The van der Waals surface area contributed by atoms with Gasteiger partial charge in [0.25, 0.3) is 18.2 Å². The summed E-state index contributed by atoms with van der Waals surface area (Å²) in [6.45, 7) is 11.9. The third-order valence-corrected chi connectivity index (χ3v) is 13.7. The first-order valence-corrected chi connectivity index (χ1v) is 22.4. The number of nitrogens with one attached hydrogen (secondary N) is 2. The fraction of sp³-hybridized carbons (Fsp3) is 0.543. The van der Waals surface area contributed by atoms with Crippen molar-refractivity contribution in [1.82, 2.24) is 49.3 Å². The lowest BCUT2D eigenvalue weighted by atomic mass is 9.85. The van der Waals surface area contributed by atoms with E-state index < -0.39 is 24.1 Å². The topological polar surface area (TPSA) is 160 Å². The number of piperidine rings is 2. The Morgan fingerprint density at radius 1 is 1.03 bits per heavy atom. The third-order valence-electron chi connectivity index (χ3n) is 13.7. The highest BCUT2D eigenvalue weighted by atomic mass is 19.3. The number of amides is 3. The molecule has 2 N–H and O–H groups in total. The van der Waals surface area contributed by atoms with Crippen LogP contribution in [0.2, 0.25) is 0 Å². The number of rotatable bonds is 10. The molecule has 0 radical (unpaired) electrons. The minimum Gasteiger partial charge on any atom is -0.365 e. The zero-order chi connectivity index (χ0) is 44.7. The lowest BCUT2D eigenvalue weighted by Gasteiger charge is -2.45. The van der Waals surface area contributed by atoms with Crippen molar-refractivity contribution >= 4 is 45.8 Å². The Labute approximate surface area is 370 Å². The van der Waals surface area contributed by atoms with Gasteiger partial charge < -0.3 is 19.9 Å². The number of ether oxygens (including phenoxy) is 1. The number of hydrogen-bond donors (Lipinski definition) is 2. The predicted octanol–water partition coefficient (Wildman–Crippen LogP) is 5.55. The largest absolute Gasteiger partial charge is 0.365 e. The maximum absolute atomic E-state index is 14.3. The summed E-state index contributed by atoms with van der Waals surface area (Å²) in [7, 11) is 2.11. The van der Waals surface area contributed by atoms with E-state index in [-0.39, 0.29) is 47.2 Å². The van der Waals surface area contributed by atoms with E-state index >= 15 is 0 Å². The van der Waals surface area contributed by atoms with E-state index in [9.17, 15) is 23.2 Å². The number of carbonyl (C=O) groups excluding carboxylic acids is 3. The Hall–Kier alpha value is -5.77. The molecule has 4 aromatic heterocycles. The molecular weight excluding hydrogens is 823 g/mol. The van der Waals surface area contributed by atoms with E-state index in [0.717, 1.165) is 106 Å². The normalized spacial score (nSPS) is 22.5. The number of carbonyl (C=O) groups is 3. The van der Waals surface area contributed by atoms with Gasteiger partial charge in [-0.25, -0.2) is 18.3 Å². The van der Waals surface area contributed by atoms with Crippen molar-refractivity contribution in [2.75, 3.05) is 63.1 Å². The van der Waals surface area contributed by atoms with Crippen LogP contribution in [0, 0.1) is 24.7 Å². The van der Waals surface area contributed by atoms with Crippen LogP contribution >= 0.6 is 0 Å². The summed E-state index contributed by atoms with van der Waals surface area (Å²) < 4.78 is 39.7. The lowest BCUT2D eigenvalue weighted by Crippen LogP contribution is -2.57. The fourth-order valence-electron chi connectivity index (χ4n) is 9.81. The second kappa shape index (κ2) is 18.0. The Morgan fingerprint density at radius 3 is 2.58 bits per heavy atom. The monoisotopic (exact) mass is 878 g/mol. The second-order valence-electron chi connectivity index (χ2n) is 18.4. The summed E-state index contributed by atoms with van der Waals surface area (Å²) in [5, 5.41) is 19.3. The van der Waals surface area contributed by atoms with Crippen molar-refractivity contribution in [1.29, 1.82) is 0 Å². The number of fused-ring (bicyclic) bond motifs is 2. The van der Waals surface area contributed by atoms with E-state index in [0.29, 0.717) is 24.6 Å². The quantitative estimate of drug-likeness (QED) is 0.134. The van der Waals surface area contributed by atoms with Crippen molar-refractivity contribution < 1.29 is 27.9 Å². The zero-order valence-electron chi connectivity index (χ0n) is 36.9. The summed E-state index contributed by atoms with van der Waals surface area (Å²) in [6, 6.07) is 7.10. The first kappa shape index (κ1) is 43.5. The minimum atomic E-state index is -2.86. The number of hydrogen-bond acceptors (Lipinski definition) is 11. The molecule has 4 fully saturated rings. The van der Waals surface area contributed by atoms with Crippen LogP contribution in [0.25, 0.3) is 16.6 Å². The molecule has 0 spiro atoms. The Bertz CT molecular complexity index is 2610. The van der Waals surface area contributed by atoms with Gasteiger partial charge >= 0.3 is 0 Å². The number of halogens is 2. The van der Waals surface area contributed by atoms with Gasteiger partial charge in [0.2, 0.25) is 5.91 Å². The van der Waals surface area contributed by atoms with Gasteiger partial charge in [0.1, 0.15) is 24.0 Å². The molecule has 3 amide bonds. The third kappa shape index (κ3) is 8.98. The zero-order valence-corrected chi connectivity index (χ0v) is 36.9. The number of aryl methyl sites for hydroxylation is 1. The van der Waals surface area contributed by atoms with Crippen LogP contribution in [0.5, 0.6) is 0 Å². The minimum absolute atomic E-state index is 0.000938. The van der Waals surface area contributed by atoms with Crippen LogP contribution in [0.4, 0.5) is 20.3 Å². The van der Waals surface area contributed by atoms with E-state index in [4.69, 9.17) is 9.72 Å². The summed E-state index contributed by atoms with van der Waals surface area (Å²) >= 11 is 0. The molecular formula is C46H56F2N12O4. The molecule has 338 valence electrons. The average molecular weight is 879 g/mol. The molecule has 5 aromatic rings. The molecule has 1 unspecified atom stereocenters. The maximum Gasteiger partial charge on any atom is 0.284 e. The number of benzene rings is 1. The van der Waals surface area contributed by atoms with Gasteiger partial charge in [0.05, 0.1) is 35.2 Å². The van der Waals surface area contributed by atoms with Gasteiger partial charge in [-0.1, -0.05) is 17.9 Å². The van der Waals surface area contributed by atoms with Gasteiger partial charge in [0, 0.05) is 74.6 Å². The molecule has 4 aliphatic rings. The van der Waals surface area contributed by atoms with E-state index in [2.05, 4.69) is 73.4 Å². The van der Waals surface area contributed by atoms with Crippen molar-refractivity contribution in [2.24, 2.45) is 5.92 Å². The van der Waals surface area contributed by atoms with E-state index in [1.54, 1.807) is 21.8 Å². The molecule has 18 heteroatoms. The molecule has 9 rings (SSSR count). The van der Waals surface area contributed by atoms with Crippen LogP contribution in [-0.2, 0) is 14.3 Å². The van der Waals surface area contributed by atoms with E-state index in [1.165, 1.54) is 10.7 Å². The molecule has 1 saturated carbocycles. The SMILES string of the molecule is Cc1nn(C2CCC(=O)NC2=O)c2cccc(C#CCOC3CCN(CC4CCC(n5cc(NC(=O)c6cnn7ccc(N8CCN(C)C(C)(C)C8)nc67)c(C(F)F)n5)CC4)CC3)c12. The lowest BCUT2D eigenvalue weighted by molar-refractivity contribution is -0.135. The first-order valence-electron chi connectivity index (χ1n) is 22.4. The van der Waals surface area contributed by atoms with Crippen molar-refractivity contribution in [3.05, 3.63) is 65.4 Å². The molecule has 16 nitrogen and oxygen atoms in total.